The van der Waals surface area contributed by atoms with Gasteiger partial charge in [-0.25, -0.2) is 4.68 Å². The van der Waals surface area contributed by atoms with Crippen LogP contribution < -0.4 is 5.32 Å². The van der Waals surface area contributed by atoms with Gasteiger partial charge in [-0.2, -0.15) is 5.10 Å². The Balaban J connectivity index is 1.58. The average Bonchev–Trinajstić information content (AvgIpc) is 3.05. The fraction of sp³-hybridized carbons (Fsp3) is 0.706. The second-order valence-electron chi connectivity index (χ2n) is 6.50. The maximum Gasteiger partial charge on any atom is 0.0594 e. The van der Waals surface area contributed by atoms with Crippen LogP contribution in [0.1, 0.15) is 37.7 Å². The minimum Gasteiger partial charge on any atom is -0.379 e. The highest BCUT2D eigenvalue weighted by atomic mass is 16.5. The molecule has 0 atom stereocenters. The highest BCUT2D eigenvalue weighted by Crippen LogP contribution is 2.33. The Labute approximate surface area is 133 Å². The predicted octanol–water partition coefficient (Wildman–Crippen LogP) is 2.11. The summed E-state index contributed by atoms with van der Waals surface area (Å²) in [5.74, 6) is 0. The number of morpholine rings is 1. The Morgan fingerprint density at radius 3 is 2.73 bits per heavy atom. The molecule has 1 saturated heterocycles. The quantitative estimate of drug-likeness (QED) is 0.874. The van der Waals surface area contributed by atoms with Crippen LogP contribution in [0.3, 0.4) is 0 Å². The summed E-state index contributed by atoms with van der Waals surface area (Å²) in [7, 11) is 0. The number of aromatic nitrogens is 2. The summed E-state index contributed by atoms with van der Waals surface area (Å²) in [6, 6.07) is 0. The van der Waals surface area contributed by atoms with Crippen LogP contribution in [0.5, 0.6) is 0 Å². The van der Waals surface area contributed by atoms with E-state index in [1.165, 1.54) is 37.7 Å². The SMILES string of the molecule is C=Cn1cc(CNCC2(N3CCOCC3)CCCCC2)cn1. The number of nitrogens with zero attached hydrogens (tertiary/aromatic N) is 3. The molecule has 1 N–H and O–H groups in total. The summed E-state index contributed by atoms with van der Waals surface area (Å²) in [5, 5.41) is 7.92. The Bertz CT molecular complexity index is 473. The molecular weight excluding hydrogens is 276 g/mol. The van der Waals surface area contributed by atoms with E-state index in [0.29, 0.717) is 5.54 Å². The largest absolute Gasteiger partial charge is 0.379 e. The lowest BCUT2D eigenvalue weighted by atomic mass is 9.79. The zero-order valence-corrected chi connectivity index (χ0v) is 13.5. The third-order valence-electron chi connectivity index (χ3n) is 5.09. The second-order valence-corrected chi connectivity index (χ2v) is 6.50. The maximum atomic E-state index is 5.54. The van der Waals surface area contributed by atoms with Gasteiger partial charge < -0.3 is 10.1 Å². The van der Waals surface area contributed by atoms with E-state index in [2.05, 4.69) is 21.9 Å². The van der Waals surface area contributed by atoms with Crippen molar-refractivity contribution in [1.29, 1.82) is 0 Å². The van der Waals surface area contributed by atoms with E-state index in [0.717, 1.165) is 39.4 Å². The highest BCUT2D eigenvalue weighted by Gasteiger charge is 2.38. The molecule has 122 valence electrons. The van der Waals surface area contributed by atoms with Crippen molar-refractivity contribution in [2.24, 2.45) is 0 Å². The summed E-state index contributed by atoms with van der Waals surface area (Å²) in [6.07, 6.45) is 12.4. The van der Waals surface area contributed by atoms with E-state index >= 15 is 0 Å². The van der Waals surface area contributed by atoms with Crippen molar-refractivity contribution in [1.82, 2.24) is 20.0 Å². The van der Waals surface area contributed by atoms with Gasteiger partial charge in [-0.1, -0.05) is 25.8 Å². The van der Waals surface area contributed by atoms with Gasteiger partial charge in [0.15, 0.2) is 0 Å². The van der Waals surface area contributed by atoms with Gasteiger partial charge in [0, 0.05) is 49.7 Å². The molecule has 5 heteroatoms. The lowest BCUT2D eigenvalue weighted by Gasteiger charge is -2.48. The van der Waals surface area contributed by atoms with Gasteiger partial charge in [0.2, 0.25) is 0 Å². The summed E-state index contributed by atoms with van der Waals surface area (Å²) >= 11 is 0. The molecule has 1 saturated carbocycles. The van der Waals surface area contributed by atoms with Gasteiger partial charge in [0.1, 0.15) is 0 Å². The highest BCUT2D eigenvalue weighted by molar-refractivity contribution is 5.17. The zero-order valence-electron chi connectivity index (χ0n) is 13.5. The smallest absolute Gasteiger partial charge is 0.0594 e. The van der Waals surface area contributed by atoms with Crippen LogP contribution in [0.4, 0.5) is 0 Å². The van der Waals surface area contributed by atoms with Crippen LogP contribution in [-0.2, 0) is 11.3 Å². The van der Waals surface area contributed by atoms with Crippen molar-refractivity contribution in [3.63, 3.8) is 0 Å². The molecule has 0 amide bonds. The predicted molar refractivity (Wildman–Crippen MR) is 88.5 cm³/mol. The normalized spacial score (nSPS) is 22.5. The first-order valence-electron chi connectivity index (χ1n) is 8.51. The molecule has 1 aliphatic heterocycles. The molecule has 5 nitrogen and oxygen atoms in total. The summed E-state index contributed by atoms with van der Waals surface area (Å²) in [6.45, 7) is 9.59. The third kappa shape index (κ3) is 3.59. The fourth-order valence-corrected chi connectivity index (χ4v) is 3.86. The number of hydrogen-bond acceptors (Lipinski definition) is 4. The summed E-state index contributed by atoms with van der Waals surface area (Å²) < 4.78 is 7.30. The number of ether oxygens (including phenoxy) is 1. The van der Waals surface area contributed by atoms with E-state index in [-0.39, 0.29) is 0 Å². The van der Waals surface area contributed by atoms with Crippen LogP contribution in [-0.4, -0.2) is 53.1 Å². The van der Waals surface area contributed by atoms with Crippen LogP contribution in [0.25, 0.3) is 6.20 Å². The van der Waals surface area contributed by atoms with Gasteiger partial charge in [-0.3, -0.25) is 4.90 Å². The average molecular weight is 304 g/mol. The van der Waals surface area contributed by atoms with Crippen molar-refractivity contribution in [3.8, 4) is 0 Å². The van der Waals surface area contributed by atoms with Gasteiger partial charge in [0.25, 0.3) is 0 Å². The molecule has 1 aliphatic carbocycles. The Morgan fingerprint density at radius 1 is 1.27 bits per heavy atom. The minimum absolute atomic E-state index is 0.330. The van der Waals surface area contributed by atoms with Crippen LogP contribution in [0.2, 0.25) is 0 Å². The van der Waals surface area contributed by atoms with Gasteiger partial charge >= 0.3 is 0 Å². The van der Waals surface area contributed by atoms with Gasteiger partial charge in [0.05, 0.1) is 19.4 Å². The first-order valence-corrected chi connectivity index (χ1v) is 8.51. The molecule has 0 spiro atoms. The number of hydrogen-bond donors (Lipinski definition) is 1. The van der Waals surface area contributed by atoms with E-state index in [4.69, 9.17) is 4.74 Å². The second kappa shape index (κ2) is 7.40. The minimum atomic E-state index is 0.330. The van der Waals surface area contributed by atoms with Crippen molar-refractivity contribution in [2.75, 3.05) is 32.8 Å². The Kier molecular flexibility index (Phi) is 5.28. The Morgan fingerprint density at radius 2 is 2.05 bits per heavy atom. The topological polar surface area (TPSA) is 42.3 Å². The third-order valence-corrected chi connectivity index (χ3v) is 5.09. The lowest BCUT2D eigenvalue weighted by Crippen LogP contribution is -2.59. The summed E-state index contributed by atoms with van der Waals surface area (Å²) in [4.78, 5) is 2.68. The van der Waals surface area contributed by atoms with Crippen LogP contribution in [0.15, 0.2) is 19.0 Å². The molecule has 0 radical (unpaired) electrons. The number of nitrogens with one attached hydrogen (secondary N) is 1. The zero-order chi connectivity index (χ0) is 15.3. The van der Waals surface area contributed by atoms with Crippen molar-refractivity contribution < 1.29 is 4.74 Å². The maximum absolute atomic E-state index is 5.54. The molecule has 0 aromatic carbocycles. The van der Waals surface area contributed by atoms with Crippen molar-refractivity contribution in [3.05, 3.63) is 24.5 Å². The molecule has 22 heavy (non-hydrogen) atoms. The molecule has 0 bridgehead atoms. The van der Waals surface area contributed by atoms with Crippen LogP contribution in [0, 0.1) is 0 Å². The first-order chi connectivity index (χ1) is 10.8. The van der Waals surface area contributed by atoms with Gasteiger partial charge in [-0.05, 0) is 12.8 Å². The van der Waals surface area contributed by atoms with Crippen molar-refractivity contribution in [2.45, 2.75) is 44.2 Å². The van der Waals surface area contributed by atoms with E-state index in [9.17, 15) is 0 Å². The molecule has 1 aromatic rings. The standard InChI is InChI=1S/C17H28N4O/c1-2-21-14-16(13-19-21)12-18-15-17(6-4-3-5-7-17)20-8-10-22-11-9-20/h2,13-14,18H,1,3-12,15H2. The lowest BCUT2D eigenvalue weighted by molar-refractivity contribution is -0.0369. The molecule has 2 aliphatic rings. The first kappa shape index (κ1) is 15.7. The molecule has 0 unspecified atom stereocenters. The van der Waals surface area contributed by atoms with Crippen LogP contribution >= 0.6 is 0 Å². The molecule has 2 fully saturated rings. The molecule has 3 rings (SSSR count). The summed E-state index contributed by atoms with van der Waals surface area (Å²) in [5.41, 5.74) is 1.55. The molecule has 2 heterocycles. The molecular formula is C17H28N4O. The fourth-order valence-electron chi connectivity index (χ4n) is 3.86. The van der Waals surface area contributed by atoms with Crippen molar-refractivity contribution >= 4 is 6.20 Å². The number of rotatable bonds is 6. The van der Waals surface area contributed by atoms with Gasteiger partial charge in [-0.15, -0.1) is 0 Å². The van der Waals surface area contributed by atoms with E-state index < -0.39 is 0 Å². The monoisotopic (exact) mass is 304 g/mol. The van der Waals surface area contributed by atoms with E-state index in [1.807, 2.05) is 12.4 Å². The molecule has 1 aromatic heterocycles. The van der Waals surface area contributed by atoms with E-state index in [1.54, 1.807) is 10.9 Å². The Hall–Kier alpha value is -1.17.